The summed E-state index contributed by atoms with van der Waals surface area (Å²) < 4.78 is 103. The van der Waals surface area contributed by atoms with Gasteiger partial charge in [0, 0.05) is 5.92 Å². The van der Waals surface area contributed by atoms with Crippen LogP contribution in [0.1, 0.15) is 40.0 Å². The Kier molecular flexibility index (Phi) is 8.08. The van der Waals surface area contributed by atoms with Gasteiger partial charge in [-0.3, -0.25) is 0 Å². The van der Waals surface area contributed by atoms with Crippen molar-refractivity contribution in [3.05, 3.63) is 67.8 Å². The normalized spacial score (nSPS) is 24.0. The van der Waals surface area contributed by atoms with E-state index in [-0.39, 0.29) is 12.8 Å². The van der Waals surface area contributed by atoms with Crippen molar-refractivity contribution in [3.63, 3.8) is 0 Å². The molecule has 2 aromatic rings. The average Bonchev–Trinajstić information content (AvgIpc) is 3.43. The monoisotopic (exact) mass is 672 g/mol. The summed E-state index contributed by atoms with van der Waals surface area (Å²) in [5, 5.41) is -5.46. The van der Waals surface area contributed by atoms with Gasteiger partial charge in [-0.05, 0) is 78.6 Å². The predicted octanol–water partition coefficient (Wildman–Crippen LogP) is 3.21. The summed E-state index contributed by atoms with van der Waals surface area (Å²) >= 11 is -3.54. The van der Waals surface area contributed by atoms with E-state index in [4.69, 9.17) is 12.0 Å². The molecule has 4 unspecified atom stereocenters. The van der Waals surface area contributed by atoms with Gasteiger partial charge in [-0.15, -0.1) is 0 Å². The van der Waals surface area contributed by atoms with Crippen molar-refractivity contribution < 1.29 is 63.0 Å². The second-order valence-corrected chi connectivity index (χ2v) is 17.0. The molecule has 2 saturated carbocycles. The van der Waals surface area contributed by atoms with Gasteiger partial charge in [0.1, 0.15) is 11.7 Å². The molecule has 1 radical (unpaired) electrons. The Hall–Kier alpha value is -1.93. The molecule has 0 aromatic heterocycles. The largest absolute Gasteiger partial charge is 0.509 e. The molecule has 2 fully saturated rings. The Morgan fingerprint density at radius 1 is 0.842 bits per heavy atom. The lowest BCUT2D eigenvalue weighted by atomic mass is 9.82. The first kappa shape index (κ1) is 29.1. The highest BCUT2D eigenvalue weighted by Crippen LogP contribution is 2.59. The fraction of sp³-hybridized carbons (Fsp3) is 0.500. The summed E-state index contributed by atoms with van der Waals surface area (Å²) in [6, 6.07) is 15.8. The van der Waals surface area contributed by atoms with Crippen LogP contribution in [-0.2, 0) is 22.1 Å². The topological polar surface area (TPSA) is 78.9 Å². The van der Waals surface area contributed by atoms with Crippen molar-refractivity contribution in [2.75, 3.05) is 0 Å². The number of carbonyl (C=O) groups excluding carboxylic acids is 1. The molecule has 4 rings (SSSR count). The minimum Gasteiger partial charge on any atom is -0.431 e. The maximum atomic E-state index is 15.4. The smallest absolute Gasteiger partial charge is 0.431 e. The van der Waals surface area contributed by atoms with E-state index in [1.165, 1.54) is 24.3 Å². The zero-order chi connectivity index (χ0) is 27.9. The van der Waals surface area contributed by atoms with Crippen LogP contribution in [0.2, 0.25) is 0 Å². The Balaban J connectivity index is 1.52. The third-order valence-corrected chi connectivity index (χ3v) is 14.0. The highest BCUT2D eigenvalue weighted by molar-refractivity contribution is 7.87. The molecule has 0 spiro atoms. The summed E-state index contributed by atoms with van der Waals surface area (Å²) in [7, 11) is -6.04. The maximum Gasteiger partial charge on any atom is 0.509 e. The fourth-order valence-electron chi connectivity index (χ4n) is 4.97. The summed E-state index contributed by atoms with van der Waals surface area (Å²) in [4.78, 5) is 12.0. The van der Waals surface area contributed by atoms with Gasteiger partial charge in [0.2, 0.25) is 0 Å². The first-order valence-corrected chi connectivity index (χ1v) is 16.5. The van der Waals surface area contributed by atoms with E-state index in [2.05, 4.69) is 0 Å². The van der Waals surface area contributed by atoms with Crippen molar-refractivity contribution >= 4 is 16.3 Å². The van der Waals surface area contributed by atoms with Gasteiger partial charge in [-0.1, -0.05) is 36.4 Å². The van der Waals surface area contributed by atoms with Gasteiger partial charge in [-0.25, -0.2) is 4.79 Å². The van der Waals surface area contributed by atoms with Crippen LogP contribution in [0.5, 0.6) is 0 Å². The van der Waals surface area contributed by atoms with Gasteiger partial charge in [-0.2, -0.15) is 26.0 Å². The maximum absolute atomic E-state index is 15.4. The van der Waals surface area contributed by atoms with Crippen molar-refractivity contribution in [1.82, 2.24) is 0 Å². The van der Waals surface area contributed by atoms with Crippen LogP contribution < -0.4 is 20.2 Å². The molecule has 2 bridgehead atoms. The zero-order valence-corrected chi connectivity index (χ0v) is 23.9. The highest BCUT2D eigenvalue weighted by atomic mass is 127. The number of benzene rings is 2. The molecule has 0 saturated heterocycles. The molecule has 209 valence electrons. The molecule has 0 N–H and O–H groups in total. The molecule has 2 aliphatic rings. The number of rotatable bonds is 8. The second kappa shape index (κ2) is 10.6. The first-order chi connectivity index (χ1) is 17.6. The van der Waals surface area contributed by atoms with Crippen molar-refractivity contribution in [2.24, 2.45) is 17.8 Å². The van der Waals surface area contributed by atoms with Crippen LogP contribution in [-0.4, -0.2) is 37.5 Å². The molecule has 12 heteroatoms. The van der Waals surface area contributed by atoms with Crippen LogP contribution in [0.3, 0.4) is 0 Å². The van der Waals surface area contributed by atoms with E-state index < -0.39 is 83.6 Å². The Morgan fingerprint density at radius 3 is 1.82 bits per heavy atom. The van der Waals surface area contributed by atoms with E-state index in [1.807, 2.05) is 0 Å². The lowest BCUT2D eigenvalue weighted by molar-refractivity contribution is -1.03. The van der Waals surface area contributed by atoms with E-state index in [0.29, 0.717) is 7.14 Å². The molecule has 38 heavy (non-hydrogen) atoms. The number of ether oxygens (including phenoxy) is 2. The highest BCUT2D eigenvalue weighted by Gasteiger charge is 2.74. The van der Waals surface area contributed by atoms with Gasteiger partial charge in [0.05, 0.1) is 0 Å². The summed E-state index contributed by atoms with van der Waals surface area (Å²) in [5.41, 5.74) is -0.818. The Morgan fingerprint density at radius 2 is 1.37 bits per heavy atom. The van der Waals surface area contributed by atoms with Crippen molar-refractivity contribution in [2.45, 2.75) is 62.9 Å². The molecule has 2 aromatic carbocycles. The fourth-order valence-corrected chi connectivity index (χ4v) is 12.0. The number of carbonyl (C=O) groups is 1. The van der Waals surface area contributed by atoms with E-state index in [9.17, 15) is 13.2 Å². The molecule has 0 heterocycles. The van der Waals surface area contributed by atoms with Crippen LogP contribution in [0.4, 0.5) is 22.4 Å². The molecule has 6 nitrogen and oxygen atoms in total. The Bertz CT molecular complexity index is 1200. The number of alkyl halides is 4. The quantitative estimate of drug-likeness (QED) is 0.244. The minimum atomic E-state index is -6.04. The molecule has 0 amide bonds. The van der Waals surface area contributed by atoms with Gasteiger partial charge < -0.3 is 9.47 Å². The molecular weight excluding hydrogens is 643 g/mol. The number of halogens is 5. The number of fused-ring (bicyclic) bond motifs is 2. The molecular formula is C26H29F4IO6S+. The van der Waals surface area contributed by atoms with Gasteiger partial charge in [0.25, 0.3) is 0 Å². The van der Waals surface area contributed by atoms with Gasteiger partial charge >= 0.3 is 47.7 Å². The Labute approximate surface area is 227 Å². The van der Waals surface area contributed by atoms with E-state index >= 15 is 17.6 Å². The minimum absolute atomic E-state index is 0.0757. The van der Waals surface area contributed by atoms with Crippen molar-refractivity contribution in [3.8, 4) is 0 Å². The second-order valence-electron chi connectivity index (χ2n) is 10.5. The molecule has 4 atom stereocenters. The lowest BCUT2D eigenvalue weighted by Gasteiger charge is -2.35. The number of hydrogen-bond donors (Lipinski definition) is 0. The van der Waals surface area contributed by atoms with Crippen LogP contribution in [0, 0.1) is 24.9 Å². The van der Waals surface area contributed by atoms with Crippen LogP contribution in [0.15, 0.2) is 60.7 Å². The summed E-state index contributed by atoms with van der Waals surface area (Å²) in [5.74, 6) is -8.34. The summed E-state index contributed by atoms with van der Waals surface area (Å²) in [6.07, 6.45) is -2.07. The van der Waals surface area contributed by atoms with Crippen LogP contribution >= 0.6 is 0 Å². The third kappa shape index (κ3) is 5.81. The SMILES string of the molecule is CC(C)(C)OC(=O)OC1CC2CC1CC2C(F)(F)C(F)(F)S(=O)(=O)O[I+](c1ccccc1)c1ccccc1. The number of hydrogen-bond acceptors (Lipinski definition) is 6. The third-order valence-electron chi connectivity index (χ3n) is 6.61. The predicted molar refractivity (Wildman–Crippen MR) is 126 cm³/mol. The first-order valence-electron chi connectivity index (χ1n) is 12.0. The van der Waals surface area contributed by atoms with Gasteiger partial charge in [0.15, 0.2) is 7.14 Å². The van der Waals surface area contributed by atoms with E-state index in [1.54, 1.807) is 57.2 Å². The van der Waals surface area contributed by atoms with Crippen molar-refractivity contribution in [1.29, 1.82) is 0 Å². The average molecular weight is 672 g/mol. The molecule has 2 aliphatic carbocycles. The lowest BCUT2D eigenvalue weighted by Crippen LogP contribution is -3.85. The standard InChI is InChI=1S/C26H29F4IO6S/c1-24(2,3)36-23(32)35-22-16-17-14-18(22)15-21(17)25(27,28)26(29,30)38(33,34)37-31(19-10-6-4-7-11-19)20-12-8-5-9-13-20/h4-13,17-18,21-22H,14-16H2,1-3H3/q+1. The van der Waals surface area contributed by atoms with Crippen LogP contribution in [0.25, 0.3) is 0 Å². The summed E-state index contributed by atoms with van der Waals surface area (Å²) in [6.45, 7) is 4.92. The van der Waals surface area contributed by atoms with E-state index in [0.717, 1.165) is 0 Å². The molecule has 0 aliphatic heterocycles. The zero-order valence-electron chi connectivity index (χ0n) is 21.0.